The zero-order valence-corrected chi connectivity index (χ0v) is 14.2. The number of methoxy groups -OCH3 is 1. The predicted octanol–water partition coefficient (Wildman–Crippen LogP) is 3.57. The lowest BCUT2D eigenvalue weighted by Gasteiger charge is -2.10. The fraction of sp³-hybridized carbons (Fsp3) is 0.263. The van der Waals surface area contributed by atoms with Gasteiger partial charge in [-0.25, -0.2) is 4.79 Å². The van der Waals surface area contributed by atoms with Crippen LogP contribution in [0.4, 0.5) is 5.69 Å². The van der Waals surface area contributed by atoms with E-state index in [1.165, 1.54) is 19.2 Å². The summed E-state index contributed by atoms with van der Waals surface area (Å²) in [6.45, 7) is 2.83. The quantitative estimate of drug-likeness (QED) is 0.765. The van der Waals surface area contributed by atoms with Gasteiger partial charge in [-0.2, -0.15) is 0 Å². The average Bonchev–Trinajstić information content (AvgIpc) is 2.60. The van der Waals surface area contributed by atoms with Gasteiger partial charge < -0.3 is 19.9 Å². The number of anilines is 1. The lowest BCUT2D eigenvalue weighted by molar-refractivity contribution is 0.0696. The number of nitrogens with one attached hydrogen (secondary N) is 1. The molecule has 0 aromatic heterocycles. The van der Waals surface area contributed by atoms with E-state index in [9.17, 15) is 14.7 Å². The second-order valence-corrected chi connectivity index (χ2v) is 5.49. The topological polar surface area (TPSA) is 84.9 Å². The number of hydrogen-bond donors (Lipinski definition) is 2. The van der Waals surface area contributed by atoms with Crippen LogP contribution < -0.4 is 10.1 Å². The van der Waals surface area contributed by atoms with Crippen molar-refractivity contribution in [2.75, 3.05) is 19.0 Å². The summed E-state index contributed by atoms with van der Waals surface area (Å²) in [7, 11) is 1.52. The third-order valence-electron chi connectivity index (χ3n) is 3.38. The van der Waals surface area contributed by atoms with Gasteiger partial charge in [-0.15, -0.1) is 0 Å². The molecule has 6 nitrogen and oxygen atoms in total. The van der Waals surface area contributed by atoms with E-state index >= 15 is 0 Å². The van der Waals surface area contributed by atoms with Gasteiger partial charge in [0.05, 0.1) is 18.8 Å². The number of hydrogen-bond acceptors (Lipinski definition) is 4. The first-order chi connectivity index (χ1) is 12.0. The van der Waals surface area contributed by atoms with Crippen LogP contribution in [0.3, 0.4) is 0 Å². The van der Waals surface area contributed by atoms with Crippen molar-refractivity contribution >= 4 is 17.6 Å². The molecule has 0 saturated heterocycles. The minimum absolute atomic E-state index is 0.0879. The highest BCUT2D eigenvalue weighted by Crippen LogP contribution is 2.19. The lowest BCUT2D eigenvalue weighted by Crippen LogP contribution is -2.13. The Morgan fingerprint density at radius 3 is 2.60 bits per heavy atom. The molecule has 0 unspecified atom stereocenters. The summed E-state index contributed by atoms with van der Waals surface area (Å²) in [5.41, 5.74) is 1.59. The van der Waals surface area contributed by atoms with Crippen LogP contribution in [0.5, 0.6) is 5.75 Å². The molecule has 0 heterocycles. The van der Waals surface area contributed by atoms with E-state index in [1.807, 2.05) is 6.92 Å². The molecule has 0 saturated carbocycles. The first-order valence-electron chi connectivity index (χ1n) is 7.94. The molecule has 0 radical (unpaired) electrons. The van der Waals surface area contributed by atoms with Crippen molar-refractivity contribution in [2.24, 2.45) is 0 Å². The summed E-state index contributed by atoms with van der Waals surface area (Å²) in [6, 6.07) is 11.5. The Morgan fingerprint density at radius 1 is 1.12 bits per heavy atom. The Kier molecular flexibility index (Phi) is 6.54. The first kappa shape index (κ1) is 18.5. The highest BCUT2D eigenvalue weighted by atomic mass is 16.5. The number of rotatable bonds is 8. The molecule has 132 valence electrons. The van der Waals surface area contributed by atoms with Crippen LogP contribution in [0.1, 0.15) is 39.6 Å². The van der Waals surface area contributed by atoms with Crippen molar-refractivity contribution in [3.63, 3.8) is 0 Å². The Labute approximate surface area is 146 Å². The van der Waals surface area contributed by atoms with Crippen LogP contribution >= 0.6 is 0 Å². The normalized spacial score (nSPS) is 10.3. The van der Waals surface area contributed by atoms with Crippen molar-refractivity contribution in [2.45, 2.75) is 20.0 Å². The van der Waals surface area contributed by atoms with Crippen molar-refractivity contribution in [1.82, 2.24) is 0 Å². The van der Waals surface area contributed by atoms with Crippen LogP contribution in [0.25, 0.3) is 0 Å². The molecule has 6 heteroatoms. The maximum Gasteiger partial charge on any atom is 0.335 e. The third-order valence-corrected chi connectivity index (χ3v) is 3.38. The molecule has 2 aromatic rings. The Bertz CT molecular complexity index is 757. The third kappa shape index (κ3) is 5.32. The predicted molar refractivity (Wildman–Crippen MR) is 94.3 cm³/mol. The van der Waals surface area contributed by atoms with Gasteiger partial charge >= 0.3 is 5.97 Å². The SMILES string of the molecule is CCCOc1cccc(C(=O)Nc2cc(COC)cc(C(=O)O)c2)c1. The van der Waals surface area contributed by atoms with Gasteiger partial charge in [-0.3, -0.25) is 4.79 Å². The fourth-order valence-corrected chi connectivity index (χ4v) is 2.29. The largest absolute Gasteiger partial charge is 0.494 e. The van der Waals surface area contributed by atoms with E-state index in [1.54, 1.807) is 30.3 Å². The second kappa shape index (κ2) is 8.84. The van der Waals surface area contributed by atoms with Crippen LogP contribution in [0.15, 0.2) is 42.5 Å². The van der Waals surface area contributed by atoms with Crippen molar-refractivity contribution in [1.29, 1.82) is 0 Å². The van der Waals surface area contributed by atoms with Gasteiger partial charge in [0, 0.05) is 18.4 Å². The Balaban J connectivity index is 2.20. The molecule has 0 spiro atoms. The van der Waals surface area contributed by atoms with Crippen molar-refractivity contribution in [3.8, 4) is 5.75 Å². The summed E-state index contributed by atoms with van der Waals surface area (Å²) in [4.78, 5) is 23.7. The molecule has 0 atom stereocenters. The van der Waals surface area contributed by atoms with E-state index in [2.05, 4.69) is 5.32 Å². The molecular weight excluding hydrogens is 322 g/mol. The molecule has 2 rings (SSSR count). The maximum atomic E-state index is 12.4. The van der Waals surface area contributed by atoms with Gasteiger partial charge in [-0.05, 0) is 48.4 Å². The minimum Gasteiger partial charge on any atom is -0.494 e. The summed E-state index contributed by atoms with van der Waals surface area (Å²) >= 11 is 0. The van der Waals surface area contributed by atoms with E-state index < -0.39 is 5.97 Å². The standard InChI is InChI=1S/C19H21NO5/c1-3-7-25-17-6-4-5-14(11-17)18(21)20-16-9-13(12-24-2)8-15(10-16)19(22)23/h4-6,8-11H,3,7,12H2,1-2H3,(H,20,21)(H,22,23). The van der Waals surface area contributed by atoms with E-state index in [-0.39, 0.29) is 18.1 Å². The van der Waals surface area contributed by atoms with Crippen LogP contribution in [-0.2, 0) is 11.3 Å². The monoisotopic (exact) mass is 343 g/mol. The van der Waals surface area contributed by atoms with E-state index in [0.717, 1.165) is 6.42 Å². The minimum atomic E-state index is -1.07. The molecular formula is C19H21NO5. The first-order valence-corrected chi connectivity index (χ1v) is 7.94. The van der Waals surface area contributed by atoms with Crippen LogP contribution in [0.2, 0.25) is 0 Å². The molecule has 0 fully saturated rings. The van der Waals surface area contributed by atoms with E-state index in [4.69, 9.17) is 9.47 Å². The van der Waals surface area contributed by atoms with E-state index in [0.29, 0.717) is 29.2 Å². The van der Waals surface area contributed by atoms with Gasteiger partial charge in [-0.1, -0.05) is 13.0 Å². The molecule has 0 aliphatic heterocycles. The number of amides is 1. The number of carbonyl (C=O) groups is 2. The fourth-order valence-electron chi connectivity index (χ4n) is 2.29. The number of benzene rings is 2. The number of carbonyl (C=O) groups excluding carboxylic acids is 1. The highest BCUT2D eigenvalue weighted by Gasteiger charge is 2.11. The van der Waals surface area contributed by atoms with Gasteiger partial charge in [0.1, 0.15) is 5.75 Å². The summed E-state index contributed by atoms with van der Waals surface area (Å²) in [5.74, 6) is -0.787. The Hall–Kier alpha value is -2.86. The second-order valence-electron chi connectivity index (χ2n) is 5.49. The molecule has 1 amide bonds. The zero-order valence-electron chi connectivity index (χ0n) is 14.2. The number of aromatic carboxylic acids is 1. The lowest BCUT2D eigenvalue weighted by atomic mass is 10.1. The number of carboxylic acid groups (broad SMARTS) is 1. The zero-order chi connectivity index (χ0) is 18.2. The van der Waals surface area contributed by atoms with Crippen molar-refractivity contribution < 1.29 is 24.2 Å². The molecule has 0 aliphatic carbocycles. The van der Waals surface area contributed by atoms with Crippen LogP contribution in [0, 0.1) is 0 Å². The van der Waals surface area contributed by atoms with Gasteiger partial charge in [0.25, 0.3) is 5.91 Å². The molecule has 25 heavy (non-hydrogen) atoms. The molecule has 2 aromatic carbocycles. The molecule has 0 aliphatic rings. The van der Waals surface area contributed by atoms with Gasteiger partial charge in [0.15, 0.2) is 0 Å². The average molecular weight is 343 g/mol. The van der Waals surface area contributed by atoms with Crippen molar-refractivity contribution in [3.05, 3.63) is 59.2 Å². The van der Waals surface area contributed by atoms with Gasteiger partial charge in [0.2, 0.25) is 0 Å². The summed E-state index contributed by atoms with van der Waals surface area (Å²) < 4.78 is 10.6. The maximum absolute atomic E-state index is 12.4. The highest BCUT2D eigenvalue weighted by molar-refractivity contribution is 6.05. The summed E-state index contributed by atoms with van der Waals surface area (Å²) in [5, 5.41) is 11.9. The smallest absolute Gasteiger partial charge is 0.335 e. The Morgan fingerprint density at radius 2 is 1.92 bits per heavy atom. The number of carboxylic acids is 1. The molecule has 0 bridgehead atoms. The summed E-state index contributed by atoms with van der Waals surface area (Å²) in [6.07, 6.45) is 0.876. The van der Waals surface area contributed by atoms with Crippen LogP contribution in [-0.4, -0.2) is 30.7 Å². The molecule has 2 N–H and O–H groups in total. The number of ether oxygens (including phenoxy) is 2.